The Morgan fingerprint density at radius 3 is 2.96 bits per heavy atom. The van der Waals surface area contributed by atoms with Crippen LogP contribution in [0.25, 0.3) is 11.1 Å². The van der Waals surface area contributed by atoms with Crippen LogP contribution in [0, 0.1) is 6.92 Å². The van der Waals surface area contributed by atoms with E-state index >= 15 is 0 Å². The first kappa shape index (κ1) is 17.7. The van der Waals surface area contributed by atoms with Crippen molar-refractivity contribution in [2.75, 3.05) is 25.0 Å². The lowest BCUT2D eigenvalue weighted by atomic mass is 10.0. The van der Waals surface area contributed by atoms with Crippen LogP contribution in [0.1, 0.15) is 25.0 Å². The van der Waals surface area contributed by atoms with Gasteiger partial charge in [0.15, 0.2) is 5.58 Å². The van der Waals surface area contributed by atoms with Gasteiger partial charge in [0.2, 0.25) is 0 Å². The second-order valence-corrected chi connectivity index (χ2v) is 7.09. The highest BCUT2D eigenvalue weighted by Gasteiger charge is 2.22. The van der Waals surface area contributed by atoms with Gasteiger partial charge in [-0.25, -0.2) is 4.68 Å². The molecule has 0 bridgehead atoms. The van der Waals surface area contributed by atoms with Crippen molar-refractivity contribution in [2.24, 2.45) is 0 Å². The number of nitrogens with one attached hydrogen (secondary N) is 1. The third kappa shape index (κ3) is 4.19. The Balaban J connectivity index is 1.38. The Morgan fingerprint density at radius 1 is 1.19 bits per heavy atom. The summed E-state index contributed by atoms with van der Waals surface area (Å²) in [5, 5.41) is 7.69. The Hall–Kier alpha value is -2.67. The van der Waals surface area contributed by atoms with E-state index in [-0.39, 0.29) is 5.56 Å². The molecule has 3 heterocycles. The third-order valence-corrected chi connectivity index (χ3v) is 5.13. The number of aromatic nitrogens is 3. The summed E-state index contributed by atoms with van der Waals surface area (Å²) in [5.41, 5.74) is 2.48. The number of anilines is 1. The summed E-state index contributed by atoms with van der Waals surface area (Å²) in [4.78, 5) is 18.9. The van der Waals surface area contributed by atoms with Crippen LogP contribution < -0.4 is 10.9 Å². The van der Waals surface area contributed by atoms with Crippen LogP contribution in [0.4, 0.5) is 6.01 Å². The number of rotatable bonds is 6. The van der Waals surface area contributed by atoms with Crippen molar-refractivity contribution in [3.05, 3.63) is 52.4 Å². The van der Waals surface area contributed by atoms with Crippen LogP contribution >= 0.6 is 0 Å². The summed E-state index contributed by atoms with van der Waals surface area (Å²) in [6.45, 7) is 5.16. The van der Waals surface area contributed by atoms with Crippen LogP contribution in [-0.2, 0) is 6.54 Å². The Bertz CT molecular complexity index is 931. The minimum atomic E-state index is -0.0428. The van der Waals surface area contributed by atoms with Gasteiger partial charge in [-0.05, 0) is 44.5 Å². The maximum Gasteiger partial charge on any atom is 0.295 e. The molecule has 0 spiro atoms. The molecule has 7 nitrogen and oxygen atoms in total. The molecule has 0 aliphatic carbocycles. The average Bonchev–Trinajstić information content (AvgIpc) is 3.10. The van der Waals surface area contributed by atoms with Crippen LogP contribution in [0.3, 0.4) is 0 Å². The summed E-state index contributed by atoms with van der Waals surface area (Å²) < 4.78 is 7.32. The fourth-order valence-corrected chi connectivity index (χ4v) is 3.67. The summed E-state index contributed by atoms with van der Waals surface area (Å²) in [7, 11) is 0. The lowest BCUT2D eigenvalue weighted by Gasteiger charge is -2.35. The SMILES string of the molecule is Cc1ccc(=O)n(CCN2CCCCC2CNc2nc3ccccc3o2)n1. The van der Waals surface area contributed by atoms with Crippen LogP contribution in [0.15, 0.2) is 45.6 Å². The molecule has 3 aromatic rings. The van der Waals surface area contributed by atoms with E-state index < -0.39 is 0 Å². The minimum Gasteiger partial charge on any atom is -0.424 e. The van der Waals surface area contributed by atoms with Crippen molar-refractivity contribution >= 4 is 17.1 Å². The van der Waals surface area contributed by atoms with E-state index in [0.717, 1.165) is 42.8 Å². The molecule has 7 heteroatoms. The predicted molar refractivity (Wildman–Crippen MR) is 105 cm³/mol. The second kappa shape index (κ2) is 7.92. The molecule has 1 aromatic carbocycles. The molecular weight excluding hydrogens is 342 g/mol. The smallest absolute Gasteiger partial charge is 0.295 e. The second-order valence-electron chi connectivity index (χ2n) is 7.09. The number of aryl methyl sites for hydroxylation is 1. The number of fused-ring (bicyclic) bond motifs is 1. The van der Waals surface area contributed by atoms with E-state index in [0.29, 0.717) is 18.6 Å². The van der Waals surface area contributed by atoms with Gasteiger partial charge in [-0.15, -0.1) is 0 Å². The van der Waals surface area contributed by atoms with Crippen molar-refractivity contribution < 1.29 is 4.42 Å². The summed E-state index contributed by atoms with van der Waals surface area (Å²) in [6, 6.07) is 12.1. The minimum absolute atomic E-state index is 0.0428. The Morgan fingerprint density at radius 2 is 2.07 bits per heavy atom. The molecule has 27 heavy (non-hydrogen) atoms. The molecule has 0 amide bonds. The topological polar surface area (TPSA) is 76.2 Å². The number of para-hydroxylation sites is 2. The van der Waals surface area contributed by atoms with Gasteiger partial charge < -0.3 is 9.73 Å². The molecule has 1 saturated heterocycles. The van der Waals surface area contributed by atoms with E-state index in [9.17, 15) is 4.79 Å². The number of hydrogen-bond donors (Lipinski definition) is 1. The van der Waals surface area contributed by atoms with Crippen molar-refractivity contribution in [3.63, 3.8) is 0 Å². The molecule has 1 atom stereocenters. The number of nitrogens with zero attached hydrogens (tertiary/aromatic N) is 4. The lowest BCUT2D eigenvalue weighted by Crippen LogP contribution is -2.45. The van der Waals surface area contributed by atoms with Gasteiger partial charge >= 0.3 is 0 Å². The first-order valence-electron chi connectivity index (χ1n) is 9.57. The lowest BCUT2D eigenvalue weighted by molar-refractivity contribution is 0.147. The first-order chi connectivity index (χ1) is 13.2. The van der Waals surface area contributed by atoms with E-state index in [1.54, 1.807) is 16.8 Å². The maximum absolute atomic E-state index is 12.0. The predicted octanol–water partition coefficient (Wildman–Crippen LogP) is 2.66. The summed E-state index contributed by atoms with van der Waals surface area (Å²) in [5.74, 6) is 0. The molecule has 1 aliphatic rings. The fourth-order valence-electron chi connectivity index (χ4n) is 3.67. The number of oxazole rings is 1. The molecule has 142 valence electrons. The van der Waals surface area contributed by atoms with E-state index in [2.05, 4.69) is 20.3 Å². The van der Waals surface area contributed by atoms with Gasteiger partial charge in [0.25, 0.3) is 11.6 Å². The Kier molecular flexibility index (Phi) is 5.20. The van der Waals surface area contributed by atoms with Crippen molar-refractivity contribution in [3.8, 4) is 0 Å². The van der Waals surface area contributed by atoms with Crippen LogP contribution in [0.5, 0.6) is 0 Å². The van der Waals surface area contributed by atoms with Gasteiger partial charge in [0, 0.05) is 25.2 Å². The van der Waals surface area contributed by atoms with Gasteiger partial charge in [0.1, 0.15) is 5.52 Å². The van der Waals surface area contributed by atoms with Crippen molar-refractivity contribution in [1.29, 1.82) is 0 Å². The average molecular weight is 367 g/mol. The van der Waals surface area contributed by atoms with E-state index in [4.69, 9.17) is 4.42 Å². The van der Waals surface area contributed by atoms with Gasteiger partial charge in [-0.3, -0.25) is 9.69 Å². The zero-order valence-electron chi connectivity index (χ0n) is 15.6. The number of piperidine rings is 1. The van der Waals surface area contributed by atoms with Gasteiger partial charge in [-0.1, -0.05) is 18.6 Å². The molecule has 2 aromatic heterocycles. The highest BCUT2D eigenvalue weighted by molar-refractivity contribution is 5.74. The number of benzene rings is 1. The molecule has 1 unspecified atom stereocenters. The van der Waals surface area contributed by atoms with Crippen molar-refractivity contribution in [1.82, 2.24) is 19.7 Å². The third-order valence-electron chi connectivity index (χ3n) is 5.13. The highest BCUT2D eigenvalue weighted by atomic mass is 16.4. The normalized spacial score (nSPS) is 18.0. The molecule has 1 aliphatic heterocycles. The monoisotopic (exact) mass is 367 g/mol. The van der Waals surface area contributed by atoms with Crippen molar-refractivity contribution in [2.45, 2.75) is 38.8 Å². The zero-order valence-corrected chi connectivity index (χ0v) is 15.6. The summed E-state index contributed by atoms with van der Waals surface area (Å²) >= 11 is 0. The summed E-state index contributed by atoms with van der Waals surface area (Å²) in [6.07, 6.45) is 3.54. The molecule has 4 rings (SSSR count). The maximum atomic E-state index is 12.0. The quantitative estimate of drug-likeness (QED) is 0.722. The van der Waals surface area contributed by atoms with E-state index in [1.807, 2.05) is 31.2 Å². The standard InChI is InChI=1S/C20H25N5O2/c1-15-9-10-19(26)25(23-15)13-12-24-11-5-4-6-16(24)14-21-20-22-17-7-2-3-8-18(17)27-20/h2-3,7-10,16H,4-6,11-14H2,1H3,(H,21,22). The largest absolute Gasteiger partial charge is 0.424 e. The zero-order chi connectivity index (χ0) is 18.6. The fraction of sp³-hybridized carbons (Fsp3) is 0.450. The Labute approximate surface area is 158 Å². The van der Waals surface area contributed by atoms with Crippen LogP contribution in [0.2, 0.25) is 0 Å². The molecule has 1 fully saturated rings. The van der Waals surface area contributed by atoms with Crippen LogP contribution in [-0.4, -0.2) is 45.3 Å². The van der Waals surface area contributed by atoms with Gasteiger partial charge in [0.05, 0.1) is 12.2 Å². The van der Waals surface area contributed by atoms with Gasteiger partial charge in [-0.2, -0.15) is 10.1 Å². The highest BCUT2D eigenvalue weighted by Crippen LogP contribution is 2.20. The number of hydrogen-bond acceptors (Lipinski definition) is 6. The molecule has 0 saturated carbocycles. The first-order valence-corrected chi connectivity index (χ1v) is 9.57. The molecular formula is C20H25N5O2. The van der Waals surface area contributed by atoms with E-state index in [1.165, 1.54) is 12.8 Å². The molecule has 1 N–H and O–H groups in total. The number of likely N-dealkylation sites (tertiary alicyclic amines) is 1. The molecule has 0 radical (unpaired) electrons.